The van der Waals surface area contributed by atoms with Crippen LogP contribution >= 0.6 is 11.3 Å². The van der Waals surface area contributed by atoms with E-state index in [4.69, 9.17) is 9.47 Å². The molecule has 0 saturated heterocycles. The maximum absolute atomic E-state index is 12.1. The highest BCUT2D eigenvalue weighted by atomic mass is 32.1. The Morgan fingerprint density at radius 2 is 2.04 bits per heavy atom. The summed E-state index contributed by atoms with van der Waals surface area (Å²) < 4.78 is 11.0. The molecule has 0 bridgehead atoms. The van der Waals surface area contributed by atoms with Gasteiger partial charge in [-0.3, -0.25) is 9.59 Å². The Labute approximate surface area is 163 Å². The van der Waals surface area contributed by atoms with Gasteiger partial charge >= 0.3 is 0 Å². The fourth-order valence-corrected chi connectivity index (χ4v) is 3.11. The number of carbonyl (C=O) groups is 2. The fourth-order valence-electron chi connectivity index (χ4n) is 2.47. The Morgan fingerprint density at radius 1 is 1.22 bits per heavy atom. The zero-order valence-corrected chi connectivity index (χ0v) is 16.7. The first-order valence-corrected chi connectivity index (χ1v) is 9.85. The van der Waals surface area contributed by atoms with Crippen molar-refractivity contribution in [1.82, 2.24) is 10.6 Å². The fraction of sp³-hybridized carbons (Fsp3) is 0.400. The van der Waals surface area contributed by atoms with Crippen molar-refractivity contribution >= 4 is 23.2 Å². The maximum atomic E-state index is 12.1. The molecule has 1 unspecified atom stereocenters. The Morgan fingerprint density at radius 3 is 2.70 bits per heavy atom. The van der Waals surface area contributed by atoms with Crippen LogP contribution in [-0.2, 0) is 4.79 Å². The largest absolute Gasteiger partial charge is 0.493 e. The lowest BCUT2D eigenvalue weighted by atomic mass is 10.1. The monoisotopic (exact) mass is 390 g/mol. The van der Waals surface area contributed by atoms with E-state index in [9.17, 15) is 9.59 Å². The molecule has 2 amide bonds. The molecule has 6 nitrogen and oxygen atoms in total. The molecule has 0 fully saturated rings. The van der Waals surface area contributed by atoms with Crippen LogP contribution in [0.5, 0.6) is 11.5 Å². The number of hydrogen-bond acceptors (Lipinski definition) is 5. The molecule has 1 atom stereocenters. The van der Waals surface area contributed by atoms with Crippen molar-refractivity contribution in [3.8, 4) is 11.5 Å². The van der Waals surface area contributed by atoms with Crippen molar-refractivity contribution in [2.24, 2.45) is 0 Å². The molecule has 2 N–H and O–H groups in total. The quantitative estimate of drug-likeness (QED) is 0.651. The number of benzene rings is 1. The summed E-state index contributed by atoms with van der Waals surface area (Å²) in [7, 11) is 1.59. The van der Waals surface area contributed by atoms with Crippen LogP contribution in [0.2, 0.25) is 0 Å². The molecule has 1 aromatic carbocycles. The molecule has 0 saturated carbocycles. The number of ether oxygens (including phenoxy) is 2. The number of hydrogen-bond donors (Lipinski definition) is 2. The number of amides is 2. The first-order chi connectivity index (χ1) is 13.0. The summed E-state index contributed by atoms with van der Waals surface area (Å²) in [5, 5.41) is 7.53. The summed E-state index contributed by atoms with van der Waals surface area (Å²) >= 11 is 1.37. The summed E-state index contributed by atoms with van der Waals surface area (Å²) in [6, 6.07) is 9.03. The topological polar surface area (TPSA) is 76.7 Å². The summed E-state index contributed by atoms with van der Waals surface area (Å²) in [5.74, 6) is 1.06. The van der Waals surface area contributed by atoms with Crippen molar-refractivity contribution in [2.45, 2.75) is 32.7 Å². The average Bonchev–Trinajstić information content (AvgIpc) is 3.21. The third-order valence-corrected chi connectivity index (χ3v) is 4.78. The van der Waals surface area contributed by atoms with E-state index >= 15 is 0 Å². The number of thiophene rings is 1. The van der Waals surface area contributed by atoms with Gasteiger partial charge in [-0.1, -0.05) is 19.1 Å². The highest BCUT2D eigenvalue weighted by molar-refractivity contribution is 7.12. The molecule has 0 aliphatic carbocycles. The third-order valence-electron chi connectivity index (χ3n) is 3.91. The number of methoxy groups -OCH3 is 1. The van der Waals surface area contributed by atoms with Gasteiger partial charge in [0.05, 0.1) is 24.6 Å². The Kier molecular flexibility index (Phi) is 8.13. The third kappa shape index (κ3) is 6.29. The minimum absolute atomic E-state index is 0.126. The molecule has 0 radical (unpaired) electrons. The molecule has 0 spiro atoms. The van der Waals surface area contributed by atoms with Gasteiger partial charge in [-0.2, -0.15) is 0 Å². The second-order valence-electron chi connectivity index (χ2n) is 6.03. The predicted molar refractivity (Wildman–Crippen MR) is 107 cm³/mol. The Hall–Kier alpha value is -2.54. The zero-order valence-electron chi connectivity index (χ0n) is 15.9. The van der Waals surface area contributed by atoms with Crippen LogP contribution in [0.1, 0.15) is 48.0 Å². The van der Waals surface area contributed by atoms with E-state index in [-0.39, 0.29) is 24.3 Å². The van der Waals surface area contributed by atoms with Gasteiger partial charge in [0, 0.05) is 13.0 Å². The molecule has 27 heavy (non-hydrogen) atoms. The van der Waals surface area contributed by atoms with Crippen molar-refractivity contribution in [1.29, 1.82) is 0 Å². The molecule has 146 valence electrons. The van der Waals surface area contributed by atoms with E-state index in [1.165, 1.54) is 11.3 Å². The van der Waals surface area contributed by atoms with E-state index in [0.29, 0.717) is 29.5 Å². The van der Waals surface area contributed by atoms with Gasteiger partial charge < -0.3 is 20.1 Å². The summed E-state index contributed by atoms with van der Waals surface area (Å²) in [6.07, 6.45) is 1.14. The molecule has 2 aromatic rings. The second kappa shape index (κ2) is 10.6. The van der Waals surface area contributed by atoms with E-state index in [2.05, 4.69) is 10.6 Å². The lowest BCUT2D eigenvalue weighted by Crippen LogP contribution is -2.31. The van der Waals surface area contributed by atoms with Crippen molar-refractivity contribution < 1.29 is 19.1 Å². The SMILES string of the molecule is CCCOc1ccc(C(C)NC(=O)CCNC(=O)c2cccs2)cc1OC. The molecule has 1 heterocycles. The van der Waals surface area contributed by atoms with Crippen molar-refractivity contribution in [2.75, 3.05) is 20.3 Å². The summed E-state index contributed by atoms with van der Waals surface area (Å²) in [5.41, 5.74) is 0.923. The molecular weight excluding hydrogens is 364 g/mol. The number of carbonyl (C=O) groups excluding carboxylic acids is 2. The van der Waals surface area contributed by atoms with Gasteiger partial charge in [-0.15, -0.1) is 11.3 Å². The molecule has 7 heteroatoms. The van der Waals surface area contributed by atoms with Gasteiger partial charge in [0.2, 0.25) is 5.91 Å². The van der Waals surface area contributed by atoms with Crippen LogP contribution in [0, 0.1) is 0 Å². The molecule has 0 aliphatic rings. The Balaban J connectivity index is 1.83. The van der Waals surface area contributed by atoms with E-state index in [1.807, 2.05) is 43.5 Å². The van der Waals surface area contributed by atoms with Gasteiger partial charge in [0.15, 0.2) is 11.5 Å². The number of rotatable bonds is 10. The van der Waals surface area contributed by atoms with E-state index in [0.717, 1.165) is 12.0 Å². The second-order valence-corrected chi connectivity index (χ2v) is 6.98. The Bertz CT molecular complexity index is 746. The lowest BCUT2D eigenvalue weighted by Gasteiger charge is -2.17. The van der Waals surface area contributed by atoms with Gasteiger partial charge in [-0.05, 0) is 42.5 Å². The highest BCUT2D eigenvalue weighted by Crippen LogP contribution is 2.30. The first kappa shape index (κ1) is 20.8. The van der Waals surface area contributed by atoms with Crippen LogP contribution in [0.25, 0.3) is 0 Å². The van der Waals surface area contributed by atoms with Crippen LogP contribution in [-0.4, -0.2) is 32.1 Å². The average molecular weight is 391 g/mol. The summed E-state index contributed by atoms with van der Waals surface area (Å²) in [6.45, 7) is 4.87. The van der Waals surface area contributed by atoms with Crippen molar-refractivity contribution in [3.63, 3.8) is 0 Å². The molecule has 2 rings (SSSR count). The maximum Gasteiger partial charge on any atom is 0.261 e. The lowest BCUT2D eigenvalue weighted by molar-refractivity contribution is -0.121. The number of nitrogens with one attached hydrogen (secondary N) is 2. The smallest absolute Gasteiger partial charge is 0.261 e. The van der Waals surface area contributed by atoms with Gasteiger partial charge in [0.1, 0.15) is 0 Å². The molecule has 1 aromatic heterocycles. The predicted octanol–water partition coefficient (Wildman–Crippen LogP) is 3.54. The highest BCUT2D eigenvalue weighted by Gasteiger charge is 2.13. The summed E-state index contributed by atoms with van der Waals surface area (Å²) in [4.78, 5) is 24.6. The molecule has 0 aliphatic heterocycles. The normalized spacial score (nSPS) is 11.5. The minimum Gasteiger partial charge on any atom is -0.493 e. The first-order valence-electron chi connectivity index (χ1n) is 8.97. The van der Waals surface area contributed by atoms with E-state index in [1.54, 1.807) is 13.2 Å². The minimum atomic E-state index is -0.181. The standard InChI is InChI=1S/C20H26N2O4S/c1-4-11-26-16-8-7-15(13-17(16)25-3)14(2)22-19(23)9-10-21-20(24)18-6-5-12-27-18/h5-8,12-14H,4,9-11H2,1-3H3,(H,21,24)(H,22,23). The van der Waals surface area contributed by atoms with Crippen LogP contribution in [0.3, 0.4) is 0 Å². The van der Waals surface area contributed by atoms with Crippen molar-refractivity contribution in [3.05, 3.63) is 46.2 Å². The van der Waals surface area contributed by atoms with Crippen LogP contribution < -0.4 is 20.1 Å². The van der Waals surface area contributed by atoms with E-state index < -0.39 is 0 Å². The van der Waals surface area contributed by atoms with Gasteiger partial charge in [0.25, 0.3) is 5.91 Å². The molecular formula is C20H26N2O4S. The van der Waals surface area contributed by atoms with Crippen LogP contribution in [0.15, 0.2) is 35.7 Å². The van der Waals surface area contributed by atoms with Crippen LogP contribution in [0.4, 0.5) is 0 Å². The zero-order chi connectivity index (χ0) is 19.6. The van der Waals surface area contributed by atoms with Gasteiger partial charge in [-0.25, -0.2) is 0 Å².